The molecule has 9 heteroatoms. The monoisotopic (exact) mass is 432 g/mol. The van der Waals surface area contributed by atoms with Crippen molar-refractivity contribution < 1.29 is 4.74 Å². The molecule has 0 amide bonds. The van der Waals surface area contributed by atoms with E-state index in [1.807, 2.05) is 18.2 Å². The van der Waals surface area contributed by atoms with Crippen LogP contribution in [0.3, 0.4) is 0 Å². The number of fused-ring (bicyclic) bond motifs is 1. The molecule has 27 heavy (non-hydrogen) atoms. The number of hydrogen-bond donors (Lipinski definition) is 3. The van der Waals surface area contributed by atoms with Crippen molar-refractivity contribution in [3.05, 3.63) is 44.9 Å². The summed E-state index contributed by atoms with van der Waals surface area (Å²) < 4.78 is 7.81. The molecule has 2 aromatic heterocycles. The largest absolute Gasteiger partial charge is 0.497 e. The Morgan fingerprint density at radius 1 is 1.41 bits per heavy atom. The molecule has 1 aliphatic rings. The highest BCUT2D eigenvalue weighted by Crippen LogP contribution is 2.22. The second-order valence-corrected chi connectivity index (χ2v) is 7.60. The van der Waals surface area contributed by atoms with E-state index in [0.29, 0.717) is 29.6 Å². The van der Waals surface area contributed by atoms with Crippen molar-refractivity contribution in [3.63, 3.8) is 0 Å². The molecule has 1 aromatic carbocycles. The van der Waals surface area contributed by atoms with Crippen LogP contribution in [0.5, 0.6) is 5.75 Å². The van der Waals surface area contributed by atoms with E-state index in [9.17, 15) is 4.79 Å². The topological polar surface area (TPSA) is 96.9 Å². The maximum atomic E-state index is 12.4. The summed E-state index contributed by atoms with van der Waals surface area (Å²) in [5.74, 6) is 1.84. The van der Waals surface area contributed by atoms with E-state index in [2.05, 4.69) is 41.5 Å². The average Bonchev–Trinajstić information content (AvgIpc) is 3.28. The number of ether oxygens (including phenoxy) is 1. The van der Waals surface area contributed by atoms with E-state index in [-0.39, 0.29) is 5.69 Å². The maximum absolute atomic E-state index is 12.4. The number of anilines is 1. The molecule has 1 fully saturated rings. The van der Waals surface area contributed by atoms with Gasteiger partial charge in [-0.2, -0.15) is 4.98 Å². The van der Waals surface area contributed by atoms with Crippen LogP contribution < -0.4 is 21.1 Å². The van der Waals surface area contributed by atoms with Crippen LogP contribution in [0.15, 0.2) is 33.7 Å². The van der Waals surface area contributed by atoms with Crippen LogP contribution in [0, 0.1) is 5.92 Å². The second-order valence-electron chi connectivity index (χ2n) is 6.69. The van der Waals surface area contributed by atoms with Gasteiger partial charge in [-0.25, -0.2) is 9.78 Å². The summed E-state index contributed by atoms with van der Waals surface area (Å²) in [5.41, 5.74) is 1.93. The van der Waals surface area contributed by atoms with Crippen LogP contribution in [0.2, 0.25) is 0 Å². The number of nitrogens with zero attached hydrogens (tertiary/aromatic N) is 3. The third kappa shape index (κ3) is 3.98. The van der Waals surface area contributed by atoms with E-state index >= 15 is 0 Å². The molecule has 0 unspecified atom stereocenters. The number of aromatic nitrogens is 4. The van der Waals surface area contributed by atoms with Crippen molar-refractivity contribution in [2.75, 3.05) is 32.1 Å². The van der Waals surface area contributed by atoms with Gasteiger partial charge in [0, 0.05) is 11.0 Å². The number of aromatic amines is 1. The highest BCUT2D eigenvalue weighted by molar-refractivity contribution is 9.10. The molecular weight excluding hydrogens is 412 g/mol. The number of methoxy groups -OCH3 is 1. The predicted molar refractivity (Wildman–Crippen MR) is 107 cm³/mol. The minimum atomic E-state index is -0.213. The highest BCUT2D eigenvalue weighted by Gasteiger charge is 2.15. The Balaban J connectivity index is 1.61. The van der Waals surface area contributed by atoms with Crippen LogP contribution in [0.1, 0.15) is 12.0 Å². The van der Waals surface area contributed by atoms with Crippen molar-refractivity contribution in [1.82, 2.24) is 24.8 Å². The molecule has 4 rings (SSSR count). The number of hydrogen-bond acceptors (Lipinski definition) is 6. The van der Waals surface area contributed by atoms with Crippen LogP contribution >= 0.6 is 15.9 Å². The third-order valence-electron chi connectivity index (χ3n) is 4.73. The summed E-state index contributed by atoms with van der Waals surface area (Å²) in [6.07, 6.45) is 2.80. The first-order chi connectivity index (χ1) is 13.1. The molecular formula is C18H21BrN6O2. The summed E-state index contributed by atoms with van der Waals surface area (Å²) in [6.45, 7) is 3.27. The zero-order chi connectivity index (χ0) is 18.8. The Hall–Kier alpha value is -2.39. The summed E-state index contributed by atoms with van der Waals surface area (Å²) in [6, 6.07) is 5.74. The predicted octanol–water partition coefficient (Wildman–Crippen LogP) is 1.96. The Morgan fingerprint density at radius 3 is 3.07 bits per heavy atom. The van der Waals surface area contributed by atoms with Crippen LogP contribution in [-0.2, 0) is 6.54 Å². The smallest absolute Gasteiger partial charge is 0.328 e. The lowest BCUT2D eigenvalue weighted by Gasteiger charge is -2.10. The fourth-order valence-corrected chi connectivity index (χ4v) is 3.83. The number of benzene rings is 1. The first-order valence-corrected chi connectivity index (χ1v) is 9.65. The minimum absolute atomic E-state index is 0.213. The van der Waals surface area contributed by atoms with E-state index in [4.69, 9.17) is 4.74 Å². The second kappa shape index (κ2) is 7.69. The molecule has 1 atom stereocenters. The number of nitrogens with one attached hydrogen (secondary N) is 3. The summed E-state index contributed by atoms with van der Waals surface area (Å²) in [4.78, 5) is 24.1. The van der Waals surface area contributed by atoms with E-state index < -0.39 is 0 Å². The van der Waals surface area contributed by atoms with E-state index in [0.717, 1.165) is 41.8 Å². The van der Waals surface area contributed by atoms with Gasteiger partial charge in [0.05, 0.1) is 19.9 Å². The lowest BCUT2D eigenvalue weighted by Crippen LogP contribution is -2.19. The number of rotatable bonds is 6. The van der Waals surface area contributed by atoms with Crippen molar-refractivity contribution in [2.45, 2.75) is 13.0 Å². The molecule has 3 heterocycles. The zero-order valence-electron chi connectivity index (χ0n) is 15.0. The van der Waals surface area contributed by atoms with Crippen molar-refractivity contribution >= 4 is 33.0 Å². The molecule has 0 bridgehead atoms. The first-order valence-electron chi connectivity index (χ1n) is 8.86. The van der Waals surface area contributed by atoms with Gasteiger partial charge in [0.15, 0.2) is 5.65 Å². The molecule has 8 nitrogen and oxygen atoms in total. The Labute approximate surface area is 164 Å². The number of halogens is 1. The van der Waals surface area contributed by atoms with Crippen LogP contribution in [0.25, 0.3) is 11.2 Å². The fraction of sp³-hybridized carbons (Fsp3) is 0.389. The molecule has 0 saturated carbocycles. The molecule has 3 N–H and O–H groups in total. The summed E-state index contributed by atoms with van der Waals surface area (Å²) >= 11 is 3.47. The van der Waals surface area contributed by atoms with Gasteiger partial charge in [0.2, 0.25) is 5.95 Å². The Kier molecular flexibility index (Phi) is 5.13. The quantitative estimate of drug-likeness (QED) is 0.550. The SMILES string of the molecule is COc1cc(Br)cc(Cn2c(=O)[nH]c3cnc(NC[C@@H]4CCNC4)nc32)c1. The van der Waals surface area contributed by atoms with Gasteiger partial charge in [-0.05, 0) is 49.2 Å². The van der Waals surface area contributed by atoms with Gasteiger partial charge < -0.3 is 20.4 Å². The first kappa shape index (κ1) is 18.0. The fourth-order valence-electron chi connectivity index (χ4n) is 3.31. The van der Waals surface area contributed by atoms with Gasteiger partial charge in [-0.15, -0.1) is 0 Å². The van der Waals surface area contributed by atoms with Gasteiger partial charge in [-0.3, -0.25) is 4.57 Å². The van der Waals surface area contributed by atoms with Crippen LogP contribution in [0.4, 0.5) is 5.95 Å². The standard InChI is InChI=1S/C18H21BrN6O2/c1-27-14-5-12(4-13(19)6-14)10-25-16-15(23-18(25)26)9-22-17(24-16)21-8-11-2-3-20-7-11/h4-6,9,11,20H,2-3,7-8,10H2,1H3,(H,23,26)(H,21,22,24)/t11-/m1/s1. The van der Waals surface area contributed by atoms with Gasteiger partial charge in [-0.1, -0.05) is 15.9 Å². The molecule has 1 saturated heterocycles. The Morgan fingerprint density at radius 2 is 2.30 bits per heavy atom. The van der Waals surface area contributed by atoms with Crippen molar-refractivity contribution in [1.29, 1.82) is 0 Å². The molecule has 142 valence electrons. The Bertz CT molecular complexity index is 1010. The highest BCUT2D eigenvalue weighted by atomic mass is 79.9. The minimum Gasteiger partial charge on any atom is -0.497 e. The molecule has 1 aliphatic heterocycles. The average molecular weight is 433 g/mol. The van der Waals surface area contributed by atoms with Crippen molar-refractivity contribution in [3.8, 4) is 5.75 Å². The lowest BCUT2D eigenvalue weighted by molar-refractivity contribution is 0.414. The summed E-state index contributed by atoms with van der Waals surface area (Å²) in [7, 11) is 1.62. The molecule has 0 aliphatic carbocycles. The molecule has 0 spiro atoms. The summed E-state index contributed by atoms with van der Waals surface area (Å²) in [5, 5.41) is 6.63. The van der Waals surface area contributed by atoms with Crippen molar-refractivity contribution in [2.24, 2.45) is 5.92 Å². The normalized spacial score (nSPS) is 16.7. The van der Waals surface area contributed by atoms with Gasteiger partial charge >= 0.3 is 5.69 Å². The maximum Gasteiger partial charge on any atom is 0.328 e. The molecule has 3 aromatic rings. The number of H-pyrrole nitrogens is 1. The zero-order valence-corrected chi connectivity index (χ0v) is 16.5. The van der Waals surface area contributed by atoms with Gasteiger partial charge in [0.1, 0.15) is 11.3 Å². The van der Waals surface area contributed by atoms with Gasteiger partial charge in [0.25, 0.3) is 0 Å². The molecule has 0 radical (unpaired) electrons. The van der Waals surface area contributed by atoms with Crippen LogP contribution in [-0.4, -0.2) is 46.3 Å². The van der Waals surface area contributed by atoms with E-state index in [1.165, 1.54) is 0 Å². The lowest BCUT2D eigenvalue weighted by atomic mass is 10.1. The third-order valence-corrected chi connectivity index (χ3v) is 5.19. The van der Waals surface area contributed by atoms with E-state index in [1.54, 1.807) is 17.9 Å². The number of imidazole rings is 1.